The van der Waals surface area contributed by atoms with Gasteiger partial charge in [0.2, 0.25) is 0 Å². The van der Waals surface area contributed by atoms with Crippen molar-refractivity contribution >= 4 is 34.9 Å². The molecule has 39 heavy (non-hydrogen) atoms. The van der Waals surface area contributed by atoms with Crippen LogP contribution in [0.15, 0.2) is 31.0 Å². The van der Waals surface area contributed by atoms with Crippen LogP contribution in [0, 0.1) is 11.7 Å². The third kappa shape index (κ3) is 6.29. The molecule has 1 saturated carbocycles. The molecule has 1 aromatic carbocycles. The molecule has 3 atom stereocenters. The summed E-state index contributed by atoms with van der Waals surface area (Å²) in [6.45, 7) is 13.9. The number of fused-ring (bicyclic) bond motifs is 1. The smallest absolute Gasteiger partial charge is 0.306 e. The van der Waals surface area contributed by atoms with Gasteiger partial charge < -0.3 is 15.4 Å². The molecule has 2 aromatic rings. The first-order valence-corrected chi connectivity index (χ1v) is 14.1. The Morgan fingerprint density at radius 2 is 2.08 bits per heavy atom. The molecule has 2 N–H and O–H groups in total. The summed E-state index contributed by atoms with van der Waals surface area (Å²) < 4.78 is 20.8. The number of allylic oxidation sites excluding steroid dienone is 1. The minimum atomic E-state index is -0.881. The summed E-state index contributed by atoms with van der Waals surface area (Å²) in [5, 5.41) is 6.57. The van der Waals surface area contributed by atoms with E-state index in [9.17, 15) is 9.59 Å². The monoisotopic (exact) mass is 555 g/mol. The van der Waals surface area contributed by atoms with Gasteiger partial charge in [-0.25, -0.2) is 9.37 Å². The van der Waals surface area contributed by atoms with Gasteiger partial charge in [0.25, 0.3) is 5.91 Å². The van der Waals surface area contributed by atoms with E-state index in [1.54, 1.807) is 18.3 Å². The zero-order chi connectivity index (χ0) is 28.5. The lowest BCUT2D eigenvalue weighted by atomic mass is 9.69. The highest BCUT2D eigenvalue weighted by Crippen LogP contribution is 2.44. The van der Waals surface area contributed by atoms with Crippen LogP contribution in [0.3, 0.4) is 0 Å². The van der Waals surface area contributed by atoms with E-state index in [0.717, 1.165) is 43.2 Å². The van der Waals surface area contributed by atoms with Crippen LogP contribution in [-0.2, 0) is 14.9 Å². The van der Waals surface area contributed by atoms with Crippen LogP contribution in [0.1, 0.15) is 100 Å². The molecule has 2 unspecified atom stereocenters. The van der Waals surface area contributed by atoms with Gasteiger partial charge in [0, 0.05) is 41.7 Å². The molecule has 1 amide bonds. The number of esters is 1. The van der Waals surface area contributed by atoms with Gasteiger partial charge in [-0.15, -0.1) is 0 Å². The highest BCUT2D eigenvalue weighted by atomic mass is 35.5. The van der Waals surface area contributed by atoms with Gasteiger partial charge in [0.15, 0.2) is 0 Å². The highest BCUT2D eigenvalue weighted by Gasteiger charge is 2.42. The van der Waals surface area contributed by atoms with Crippen LogP contribution in [0.4, 0.5) is 10.2 Å². The molecule has 0 spiro atoms. The number of benzene rings is 1. The molecule has 1 aliphatic heterocycles. The maximum Gasteiger partial charge on any atom is 0.306 e. The summed E-state index contributed by atoms with van der Waals surface area (Å²) in [6, 6.07) is 5.11. The number of nitrogens with zero attached hydrogens (tertiary/aromatic N) is 1. The van der Waals surface area contributed by atoms with Crippen molar-refractivity contribution in [2.75, 3.05) is 11.9 Å². The predicted octanol–water partition coefficient (Wildman–Crippen LogP) is 7.05. The van der Waals surface area contributed by atoms with Gasteiger partial charge >= 0.3 is 5.97 Å². The Kier molecular flexibility index (Phi) is 8.41. The van der Waals surface area contributed by atoms with Crippen LogP contribution < -0.4 is 10.6 Å². The molecular weight excluding hydrogens is 517 g/mol. The van der Waals surface area contributed by atoms with E-state index in [1.807, 2.05) is 34.6 Å². The van der Waals surface area contributed by atoms with Crippen molar-refractivity contribution in [1.29, 1.82) is 0 Å². The first kappa shape index (κ1) is 29.1. The number of halogens is 2. The number of carbonyl (C=O) groups excluding carboxylic acids is 2. The summed E-state index contributed by atoms with van der Waals surface area (Å²) in [7, 11) is 0. The van der Waals surface area contributed by atoms with Crippen LogP contribution in [0.25, 0.3) is 5.57 Å². The zero-order valence-electron chi connectivity index (χ0n) is 23.5. The zero-order valence-corrected chi connectivity index (χ0v) is 24.3. The Morgan fingerprint density at radius 1 is 1.33 bits per heavy atom. The Hall–Kier alpha value is -2.93. The fraction of sp³-hybridized carbons (Fsp3) is 0.516. The minimum absolute atomic E-state index is 0.0380. The first-order valence-electron chi connectivity index (χ1n) is 13.7. The van der Waals surface area contributed by atoms with E-state index in [2.05, 4.69) is 22.2 Å². The van der Waals surface area contributed by atoms with Gasteiger partial charge in [-0.05, 0) is 77.0 Å². The van der Waals surface area contributed by atoms with Crippen molar-refractivity contribution in [3.05, 3.63) is 64.1 Å². The molecular formula is C31H39ClFN3O3. The van der Waals surface area contributed by atoms with Gasteiger partial charge in [-0.1, -0.05) is 43.2 Å². The van der Waals surface area contributed by atoms with E-state index < -0.39 is 16.8 Å². The molecule has 1 fully saturated rings. The van der Waals surface area contributed by atoms with E-state index >= 15 is 4.39 Å². The molecule has 0 bridgehead atoms. The molecule has 0 radical (unpaired) electrons. The first-order chi connectivity index (χ1) is 18.3. The largest absolute Gasteiger partial charge is 0.460 e. The number of carbonyl (C=O) groups is 2. The maximum absolute atomic E-state index is 15.4. The number of pyridine rings is 1. The molecule has 2 aliphatic rings. The minimum Gasteiger partial charge on any atom is -0.460 e. The quantitative estimate of drug-likeness (QED) is 0.358. The van der Waals surface area contributed by atoms with Crippen molar-refractivity contribution in [2.45, 2.75) is 90.2 Å². The lowest BCUT2D eigenvalue weighted by Gasteiger charge is -2.39. The molecule has 210 valence electrons. The van der Waals surface area contributed by atoms with Crippen molar-refractivity contribution in [3.63, 3.8) is 0 Å². The van der Waals surface area contributed by atoms with Crippen LogP contribution in [0.2, 0.25) is 5.02 Å². The predicted molar refractivity (Wildman–Crippen MR) is 154 cm³/mol. The Balaban J connectivity index is 1.63. The third-order valence-electron chi connectivity index (χ3n) is 7.75. The third-order valence-corrected chi connectivity index (χ3v) is 8.04. The molecule has 2 heterocycles. The Morgan fingerprint density at radius 3 is 2.77 bits per heavy atom. The number of hydrogen-bond donors (Lipinski definition) is 2. The van der Waals surface area contributed by atoms with Crippen LogP contribution in [0.5, 0.6) is 0 Å². The Bertz CT molecular complexity index is 1290. The number of amides is 1. The number of nitrogens with one attached hydrogen (secondary N) is 2. The second-order valence-electron chi connectivity index (χ2n) is 12.2. The van der Waals surface area contributed by atoms with Crippen molar-refractivity contribution in [2.24, 2.45) is 5.92 Å². The molecule has 8 heteroatoms. The average molecular weight is 556 g/mol. The van der Waals surface area contributed by atoms with Gasteiger partial charge in [-0.3, -0.25) is 9.59 Å². The SMILES string of the molecule is C=C(C)c1c(N[C@@H]2CCCC(CCC(=O)OC(C)(C)C)C2)ncc2c1C(C)(c1cccc(Cl)c1F)CNC2=O. The number of hydrogen-bond acceptors (Lipinski definition) is 5. The summed E-state index contributed by atoms with van der Waals surface area (Å²) in [5.74, 6) is 0.132. The summed E-state index contributed by atoms with van der Waals surface area (Å²) in [6.07, 6.45) is 6.74. The van der Waals surface area contributed by atoms with E-state index in [0.29, 0.717) is 34.8 Å². The number of anilines is 1. The summed E-state index contributed by atoms with van der Waals surface area (Å²) in [4.78, 5) is 29.9. The molecule has 1 aromatic heterocycles. The fourth-order valence-corrected chi connectivity index (χ4v) is 6.15. The van der Waals surface area contributed by atoms with Gasteiger partial charge in [0.1, 0.15) is 17.2 Å². The van der Waals surface area contributed by atoms with E-state index in [-0.39, 0.29) is 29.5 Å². The second kappa shape index (κ2) is 11.3. The van der Waals surface area contributed by atoms with Crippen molar-refractivity contribution in [1.82, 2.24) is 10.3 Å². The molecule has 6 nitrogen and oxygen atoms in total. The normalized spacial score (nSPS) is 23.0. The summed E-state index contributed by atoms with van der Waals surface area (Å²) >= 11 is 6.17. The molecule has 0 saturated heterocycles. The van der Waals surface area contributed by atoms with Crippen LogP contribution in [-0.4, -0.2) is 35.0 Å². The molecule has 1 aliphatic carbocycles. The lowest BCUT2D eigenvalue weighted by Crippen LogP contribution is -2.47. The van der Waals surface area contributed by atoms with E-state index in [1.165, 1.54) is 6.07 Å². The standard InChI is InChI=1S/C31H39ClFN3O3/c1-18(2)25-26-21(29(38)35-17-31(26,6)22-11-8-12-23(32)27(22)33)16-34-28(25)36-20-10-7-9-19(15-20)13-14-24(37)39-30(3,4)5/h8,11-12,16,19-20H,1,7,9-10,13-15,17H2,2-6H3,(H,34,36)(H,35,38)/t19?,20-,31?/m1/s1. The topological polar surface area (TPSA) is 80.3 Å². The van der Waals surface area contributed by atoms with Crippen molar-refractivity contribution < 1.29 is 18.7 Å². The maximum atomic E-state index is 15.4. The fourth-order valence-electron chi connectivity index (χ4n) is 5.97. The number of ether oxygens (including phenoxy) is 1. The second-order valence-corrected chi connectivity index (χ2v) is 12.6. The summed E-state index contributed by atoms with van der Waals surface area (Å²) in [5.41, 5.74) is 1.64. The highest BCUT2D eigenvalue weighted by molar-refractivity contribution is 6.30. The van der Waals surface area contributed by atoms with E-state index in [4.69, 9.17) is 16.3 Å². The lowest BCUT2D eigenvalue weighted by molar-refractivity contribution is -0.155. The van der Waals surface area contributed by atoms with Gasteiger partial charge in [0.05, 0.1) is 10.6 Å². The average Bonchev–Trinajstić information content (AvgIpc) is 2.85. The van der Waals surface area contributed by atoms with Crippen LogP contribution >= 0.6 is 11.6 Å². The van der Waals surface area contributed by atoms with Crippen molar-refractivity contribution in [3.8, 4) is 0 Å². The van der Waals surface area contributed by atoms with Gasteiger partial charge in [-0.2, -0.15) is 0 Å². The molecule has 4 rings (SSSR count). The number of aromatic nitrogens is 1. The number of rotatable bonds is 7. The Labute approximate surface area is 235 Å².